The summed E-state index contributed by atoms with van der Waals surface area (Å²) in [7, 11) is 0. The van der Waals surface area contributed by atoms with Gasteiger partial charge in [-0.3, -0.25) is 4.79 Å². The Kier molecular flexibility index (Phi) is 4.16. The number of carbonyl (C=O) groups excluding carboxylic acids is 1. The van der Waals surface area contributed by atoms with Crippen molar-refractivity contribution in [3.8, 4) is 0 Å². The first-order chi connectivity index (χ1) is 11.0. The zero-order valence-electron chi connectivity index (χ0n) is 12.7. The standard InChI is InChI=1S/C16H15ClN4O2/c1-10-3-5-13(7-11(10)2)18-16(22)9-23-21-15-8-12(17)4-6-14(15)19-20-21/h3-8H,9H2,1-2H3,(H,18,22). The van der Waals surface area contributed by atoms with E-state index in [1.54, 1.807) is 18.2 Å². The van der Waals surface area contributed by atoms with Crippen LogP contribution in [0, 0.1) is 13.8 Å². The quantitative estimate of drug-likeness (QED) is 0.798. The highest BCUT2D eigenvalue weighted by molar-refractivity contribution is 6.31. The van der Waals surface area contributed by atoms with Crippen molar-refractivity contribution >= 4 is 34.2 Å². The monoisotopic (exact) mass is 330 g/mol. The maximum atomic E-state index is 12.0. The summed E-state index contributed by atoms with van der Waals surface area (Å²) in [6.07, 6.45) is 0. The third-order valence-corrected chi connectivity index (χ3v) is 3.72. The molecule has 2 aromatic carbocycles. The number of aromatic nitrogens is 3. The Labute approximate surface area is 138 Å². The Morgan fingerprint density at radius 1 is 1.22 bits per heavy atom. The molecule has 3 rings (SSSR count). The summed E-state index contributed by atoms with van der Waals surface area (Å²) < 4.78 is 0. The maximum Gasteiger partial charge on any atom is 0.265 e. The van der Waals surface area contributed by atoms with Gasteiger partial charge in [0.25, 0.3) is 5.91 Å². The molecule has 3 aromatic rings. The van der Waals surface area contributed by atoms with E-state index in [4.69, 9.17) is 16.4 Å². The van der Waals surface area contributed by atoms with Crippen LogP contribution < -0.4 is 10.2 Å². The van der Waals surface area contributed by atoms with Crippen molar-refractivity contribution in [1.82, 2.24) is 15.2 Å². The van der Waals surface area contributed by atoms with Crippen LogP contribution in [0.15, 0.2) is 36.4 Å². The van der Waals surface area contributed by atoms with E-state index in [0.717, 1.165) is 11.3 Å². The molecular formula is C16H15ClN4O2. The number of hydrogen-bond donors (Lipinski definition) is 1. The number of carbonyl (C=O) groups is 1. The smallest absolute Gasteiger partial charge is 0.265 e. The van der Waals surface area contributed by atoms with E-state index in [9.17, 15) is 4.79 Å². The Morgan fingerprint density at radius 2 is 2.04 bits per heavy atom. The molecule has 23 heavy (non-hydrogen) atoms. The number of benzene rings is 2. The predicted molar refractivity (Wildman–Crippen MR) is 88.5 cm³/mol. The minimum absolute atomic E-state index is 0.183. The summed E-state index contributed by atoms with van der Waals surface area (Å²) in [5.74, 6) is -0.279. The molecule has 0 aliphatic rings. The molecule has 0 saturated carbocycles. The van der Waals surface area contributed by atoms with Gasteiger partial charge in [0.15, 0.2) is 6.61 Å². The van der Waals surface area contributed by atoms with Crippen molar-refractivity contribution in [2.75, 3.05) is 11.9 Å². The number of hydrogen-bond acceptors (Lipinski definition) is 4. The molecule has 0 unspecified atom stereocenters. The molecule has 0 spiro atoms. The molecule has 0 fully saturated rings. The molecule has 0 aliphatic heterocycles. The van der Waals surface area contributed by atoms with E-state index in [0.29, 0.717) is 16.1 Å². The number of anilines is 1. The van der Waals surface area contributed by atoms with Crippen LogP contribution >= 0.6 is 11.6 Å². The molecular weight excluding hydrogens is 316 g/mol. The molecule has 118 valence electrons. The van der Waals surface area contributed by atoms with Gasteiger partial charge in [-0.1, -0.05) is 22.5 Å². The van der Waals surface area contributed by atoms with E-state index in [2.05, 4.69) is 15.6 Å². The fourth-order valence-corrected chi connectivity index (χ4v) is 2.27. The zero-order chi connectivity index (χ0) is 16.4. The first-order valence-electron chi connectivity index (χ1n) is 7.04. The number of aryl methyl sites for hydroxylation is 2. The number of nitrogens with one attached hydrogen (secondary N) is 1. The lowest BCUT2D eigenvalue weighted by Gasteiger charge is -2.08. The zero-order valence-corrected chi connectivity index (χ0v) is 13.5. The van der Waals surface area contributed by atoms with Crippen molar-refractivity contribution in [2.45, 2.75) is 13.8 Å². The molecule has 0 bridgehead atoms. The molecule has 1 N–H and O–H groups in total. The number of rotatable bonds is 4. The van der Waals surface area contributed by atoms with Gasteiger partial charge in [0.05, 0.1) is 0 Å². The highest BCUT2D eigenvalue weighted by Gasteiger charge is 2.09. The van der Waals surface area contributed by atoms with E-state index >= 15 is 0 Å². The van der Waals surface area contributed by atoms with Crippen LogP contribution in [0.2, 0.25) is 5.02 Å². The predicted octanol–water partition coefficient (Wildman–Crippen LogP) is 2.77. The molecule has 1 aromatic heterocycles. The minimum Gasteiger partial charge on any atom is -0.385 e. The second kappa shape index (κ2) is 6.26. The fraction of sp³-hybridized carbons (Fsp3) is 0.188. The summed E-state index contributed by atoms with van der Waals surface area (Å²) in [4.78, 5) is 18.6. The third kappa shape index (κ3) is 3.43. The van der Waals surface area contributed by atoms with E-state index in [1.165, 1.54) is 10.4 Å². The van der Waals surface area contributed by atoms with Crippen LogP contribution in [0.3, 0.4) is 0 Å². The van der Waals surface area contributed by atoms with Gasteiger partial charge in [0.1, 0.15) is 11.0 Å². The number of nitrogens with zero attached hydrogens (tertiary/aromatic N) is 3. The average Bonchev–Trinajstić information content (AvgIpc) is 2.91. The topological polar surface area (TPSA) is 69.0 Å². The third-order valence-electron chi connectivity index (χ3n) is 3.49. The number of amides is 1. The summed E-state index contributed by atoms with van der Waals surface area (Å²) >= 11 is 5.94. The Morgan fingerprint density at radius 3 is 2.83 bits per heavy atom. The highest BCUT2D eigenvalue weighted by Crippen LogP contribution is 2.16. The summed E-state index contributed by atoms with van der Waals surface area (Å²) in [5, 5.41) is 11.1. The Balaban J connectivity index is 1.66. The normalized spacial score (nSPS) is 10.7. The lowest BCUT2D eigenvalue weighted by atomic mass is 10.1. The molecule has 0 atom stereocenters. The fourth-order valence-electron chi connectivity index (χ4n) is 2.10. The first-order valence-corrected chi connectivity index (χ1v) is 7.42. The molecule has 0 radical (unpaired) electrons. The van der Waals surface area contributed by atoms with Crippen LogP contribution in [-0.2, 0) is 4.79 Å². The molecule has 1 amide bonds. The van der Waals surface area contributed by atoms with Crippen molar-refractivity contribution in [1.29, 1.82) is 0 Å². The number of fused-ring (bicyclic) bond motifs is 1. The largest absolute Gasteiger partial charge is 0.385 e. The van der Waals surface area contributed by atoms with Gasteiger partial charge in [-0.25, -0.2) is 0 Å². The van der Waals surface area contributed by atoms with Crippen LogP contribution in [0.5, 0.6) is 0 Å². The van der Waals surface area contributed by atoms with E-state index in [-0.39, 0.29) is 12.5 Å². The molecule has 0 saturated heterocycles. The lowest BCUT2D eigenvalue weighted by Crippen LogP contribution is -2.26. The second-order valence-electron chi connectivity index (χ2n) is 5.22. The molecule has 6 nitrogen and oxygen atoms in total. The summed E-state index contributed by atoms with van der Waals surface area (Å²) in [5.41, 5.74) is 4.26. The van der Waals surface area contributed by atoms with Gasteiger partial charge in [-0.05, 0) is 60.5 Å². The molecule has 0 aliphatic carbocycles. The Hall–Kier alpha value is -2.60. The van der Waals surface area contributed by atoms with Crippen molar-refractivity contribution in [3.05, 3.63) is 52.5 Å². The van der Waals surface area contributed by atoms with Gasteiger partial charge < -0.3 is 10.2 Å². The van der Waals surface area contributed by atoms with Gasteiger partial charge in [0.2, 0.25) is 0 Å². The van der Waals surface area contributed by atoms with Gasteiger partial charge >= 0.3 is 0 Å². The van der Waals surface area contributed by atoms with Crippen LogP contribution in [-0.4, -0.2) is 27.7 Å². The van der Waals surface area contributed by atoms with Gasteiger partial charge in [0, 0.05) is 10.7 Å². The SMILES string of the molecule is Cc1ccc(NC(=O)COn2nnc3ccc(Cl)cc32)cc1C. The average molecular weight is 331 g/mol. The van der Waals surface area contributed by atoms with Gasteiger partial charge in [-0.15, -0.1) is 5.10 Å². The van der Waals surface area contributed by atoms with E-state index in [1.807, 2.05) is 32.0 Å². The summed E-state index contributed by atoms with van der Waals surface area (Å²) in [6.45, 7) is 3.83. The minimum atomic E-state index is -0.279. The van der Waals surface area contributed by atoms with Crippen molar-refractivity contribution < 1.29 is 9.63 Å². The summed E-state index contributed by atoms with van der Waals surface area (Å²) in [6, 6.07) is 10.9. The maximum absolute atomic E-state index is 12.0. The van der Waals surface area contributed by atoms with Crippen LogP contribution in [0.25, 0.3) is 11.0 Å². The second-order valence-corrected chi connectivity index (χ2v) is 5.65. The highest BCUT2D eigenvalue weighted by atomic mass is 35.5. The van der Waals surface area contributed by atoms with Crippen molar-refractivity contribution in [2.24, 2.45) is 0 Å². The molecule has 7 heteroatoms. The first kappa shape index (κ1) is 15.3. The molecule has 1 heterocycles. The van der Waals surface area contributed by atoms with Crippen LogP contribution in [0.1, 0.15) is 11.1 Å². The lowest BCUT2D eigenvalue weighted by molar-refractivity contribution is -0.121. The van der Waals surface area contributed by atoms with E-state index < -0.39 is 0 Å². The van der Waals surface area contributed by atoms with Crippen LogP contribution in [0.4, 0.5) is 5.69 Å². The number of halogens is 1. The van der Waals surface area contributed by atoms with Crippen molar-refractivity contribution in [3.63, 3.8) is 0 Å². The Bertz CT molecular complexity index is 876. The van der Waals surface area contributed by atoms with Gasteiger partial charge in [-0.2, -0.15) is 0 Å².